The van der Waals surface area contributed by atoms with Crippen molar-refractivity contribution in [3.8, 4) is 0 Å². The Morgan fingerprint density at radius 2 is 1.90 bits per heavy atom. The highest BCUT2D eigenvalue weighted by Gasteiger charge is 2.14. The lowest BCUT2D eigenvalue weighted by molar-refractivity contribution is 0.678. The van der Waals surface area contributed by atoms with Gasteiger partial charge in [-0.15, -0.1) is 11.6 Å². The first-order valence-electron chi connectivity index (χ1n) is 6.69. The van der Waals surface area contributed by atoms with E-state index in [9.17, 15) is 4.79 Å². The fourth-order valence-electron chi connectivity index (χ4n) is 2.31. The fourth-order valence-corrected chi connectivity index (χ4v) is 2.48. The Hall–Kier alpha value is -2.20. The maximum Gasteiger partial charge on any atom is 0.261 e. The van der Waals surface area contributed by atoms with Gasteiger partial charge < -0.3 is 0 Å². The van der Waals surface area contributed by atoms with Gasteiger partial charge in [0.2, 0.25) is 0 Å². The highest BCUT2D eigenvalue weighted by Crippen LogP contribution is 2.19. The number of pyridine rings is 1. The predicted molar refractivity (Wildman–Crippen MR) is 83.6 cm³/mol. The van der Waals surface area contributed by atoms with Crippen LogP contribution in [0.3, 0.4) is 0 Å². The number of fused-ring (bicyclic) bond motifs is 1. The van der Waals surface area contributed by atoms with Crippen LogP contribution in [0.2, 0.25) is 0 Å². The van der Waals surface area contributed by atoms with Crippen molar-refractivity contribution in [1.29, 1.82) is 0 Å². The fraction of sp³-hybridized carbons (Fsp3) is 0.188. The van der Waals surface area contributed by atoms with Crippen LogP contribution in [0, 0.1) is 0 Å². The third kappa shape index (κ3) is 2.67. The molecule has 0 saturated heterocycles. The van der Waals surface area contributed by atoms with E-state index in [1.165, 1.54) is 0 Å². The minimum Gasteiger partial charge on any atom is -0.290 e. The maximum atomic E-state index is 12.7. The second-order valence-corrected chi connectivity index (χ2v) is 5.50. The highest BCUT2D eigenvalue weighted by atomic mass is 35.5. The molecule has 0 N–H and O–H groups in total. The second-order valence-electron chi connectivity index (χ2n) is 4.85. The molecule has 0 fully saturated rings. The Kier molecular flexibility index (Phi) is 3.71. The first-order valence-corrected chi connectivity index (χ1v) is 7.13. The van der Waals surface area contributed by atoms with Gasteiger partial charge in [0.05, 0.1) is 22.8 Å². The molecule has 1 atom stereocenters. The van der Waals surface area contributed by atoms with Gasteiger partial charge in [-0.25, -0.2) is 4.98 Å². The lowest BCUT2D eigenvalue weighted by Crippen LogP contribution is -2.26. The molecule has 5 heteroatoms. The van der Waals surface area contributed by atoms with Crippen LogP contribution >= 0.6 is 11.6 Å². The van der Waals surface area contributed by atoms with Gasteiger partial charge >= 0.3 is 0 Å². The molecule has 0 spiro atoms. The van der Waals surface area contributed by atoms with Crippen molar-refractivity contribution in [3.05, 3.63) is 70.5 Å². The molecule has 0 radical (unpaired) electrons. The SMILES string of the molecule is CC(Cl)c1nc2ccccc2c(=O)n1Cc1ccncc1. The number of nitrogens with zero attached hydrogens (tertiary/aromatic N) is 3. The predicted octanol–water partition coefficient (Wildman–Crippen LogP) is 3.14. The van der Waals surface area contributed by atoms with E-state index in [-0.39, 0.29) is 10.9 Å². The third-order valence-corrected chi connectivity index (χ3v) is 3.53. The van der Waals surface area contributed by atoms with Crippen LogP contribution in [0.4, 0.5) is 0 Å². The van der Waals surface area contributed by atoms with E-state index in [0.717, 1.165) is 5.56 Å². The molecule has 1 aromatic carbocycles. The normalized spacial score (nSPS) is 12.5. The minimum atomic E-state index is -0.343. The number of hydrogen-bond donors (Lipinski definition) is 0. The zero-order valence-corrected chi connectivity index (χ0v) is 12.3. The van der Waals surface area contributed by atoms with E-state index in [1.807, 2.05) is 37.3 Å². The summed E-state index contributed by atoms with van der Waals surface area (Å²) in [7, 11) is 0. The van der Waals surface area contributed by atoms with Gasteiger partial charge in [0.1, 0.15) is 5.82 Å². The van der Waals surface area contributed by atoms with Crippen LogP contribution in [0.1, 0.15) is 23.7 Å². The number of hydrogen-bond acceptors (Lipinski definition) is 3. The lowest BCUT2D eigenvalue weighted by atomic mass is 10.2. The average Bonchev–Trinajstić information content (AvgIpc) is 2.51. The van der Waals surface area contributed by atoms with Gasteiger partial charge in [0, 0.05) is 12.4 Å². The first kappa shape index (κ1) is 13.8. The lowest BCUT2D eigenvalue weighted by Gasteiger charge is -2.14. The Labute approximate surface area is 127 Å². The molecule has 0 saturated carbocycles. The summed E-state index contributed by atoms with van der Waals surface area (Å²) in [4.78, 5) is 21.2. The number of aromatic nitrogens is 3. The van der Waals surface area contributed by atoms with Crippen molar-refractivity contribution in [2.45, 2.75) is 18.8 Å². The summed E-state index contributed by atoms with van der Waals surface area (Å²) in [6.45, 7) is 2.26. The molecule has 0 amide bonds. The number of benzene rings is 1. The summed E-state index contributed by atoms with van der Waals surface area (Å²) < 4.78 is 1.63. The van der Waals surface area contributed by atoms with Crippen molar-refractivity contribution in [2.24, 2.45) is 0 Å². The quantitative estimate of drug-likeness (QED) is 0.698. The molecular weight excluding hydrogens is 286 g/mol. The molecule has 3 rings (SSSR count). The molecule has 106 valence electrons. The van der Waals surface area contributed by atoms with E-state index in [2.05, 4.69) is 9.97 Å². The van der Waals surface area contributed by atoms with Crippen LogP contribution in [0.15, 0.2) is 53.6 Å². The van der Waals surface area contributed by atoms with E-state index < -0.39 is 0 Å². The zero-order valence-electron chi connectivity index (χ0n) is 11.5. The van der Waals surface area contributed by atoms with Crippen molar-refractivity contribution in [2.75, 3.05) is 0 Å². The third-order valence-electron chi connectivity index (χ3n) is 3.34. The topological polar surface area (TPSA) is 47.8 Å². The smallest absolute Gasteiger partial charge is 0.261 e. The molecule has 4 nitrogen and oxygen atoms in total. The summed E-state index contributed by atoms with van der Waals surface area (Å²) in [5, 5.41) is 0.261. The molecule has 0 aliphatic carbocycles. The largest absolute Gasteiger partial charge is 0.290 e. The summed E-state index contributed by atoms with van der Waals surface area (Å²) >= 11 is 6.21. The van der Waals surface area contributed by atoms with Crippen molar-refractivity contribution in [3.63, 3.8) is 0 Å². The molecule has 2 aromatic heterocycles. The average molecular weight is 300 g/mol. The van der Waals surface area contributed by atoms with Gasteiger partial charge in [0.25, 0.3) is 5.56 Å². The Morgan fingerprint density at radius 1 is 1.19 bits per heavy atom. The molecule has 1 unspecified atom stereocenters. The van der Waals surface area contributed by atoms with Crippen LogP contribution in [0.25, 0.3) is 10.9 Å². The molecule has 0 aliphatic rings. The standard InChI is InChI=1S/C16H14ClN3O/c1-11(17)15-19-14-5-3-2-4-13(14)16(21)20(15)10-12-6-8-18-9-7-12/h2-9,11H,10H2,1H3. The molecule has 2 heterocycles. The molecule has 21 heavy (non-hydrogen) atoms. The molecule has 0 bridgehead atoms. The van der Waals surface area contributed by atoms with Crippen LogP contribution in [0.5, 0.6) is 0 Å². The van der Waals surface area contributed by atoms with Crippen molar-refractivity contribution >= 4 is 22.5 Å². The zero-order chi connectivity index (χ0) is 14.8. The summed E-state index contributed by atoms with van der Waals surface area (Å²) in [5.41, 5.74) is 1.60. The van der Waals surface area contributed by atoms with Gasteiger partial charge in [-0.3, -0.25) is 14.3 Å². The van der Waals surface area contributed by atoms with Crippen LogP contribution in [-0.4, -0.2) is 14.5 Å². The summed E-state index contributed by atoms with van der Waals surface area (Å²) in [6.07, 6.45) is 3.41. The van der Waals surface area contributed by atoms with Crippen molar-refractivity contribution in [1.82, 2.24) is 14.5 Å². The number of halogens is 1. The minimum absolute atomic E-state index is 0.0695. The first-order chi connectivity index (χ1) is 10.2. The van der Waals surface area contributed by atoms with Gasteiger partial charge in [-0.2, -0.15) is 0 Å². The summed E-state index contributed by atoms with van der Waals surface area (Å²) in [6, 6.07) is 11.1. The highest BCUT2D eigenvalue weighted by molar-refractivity contribution is 6.20. The van der Waals surface area contributed by atoms with Crippen LogP contribution < -0.4 is 5.56 Å². The van der Waals surface area contributed by atoms with E-state index in [0.29, 0.717) is 23.3 Å². The Balaban J connectivity index is 2.22. The van der Waals surface area contributed by atoms with Gasteiger partial charge in [-0.05, 0) is 36.8 Å². The van der Waals surface area contributed by atoms with E-state index in [1.54, 1.807) is 23.0 Å². The monoisotopic (exact) mass is 299 g/mol. The molecule has 3 aromatic rings. The van der Waals surface area contributed by atoms with E-state index >= 15 is 0 Å². The summed E-state index contributed by atoms with van der Waals surface area (Å²) in [5.74, 6) is 0.581. The van der Waals surface area contributed by atoms with Gasteiger partial charge in [0.15, 0.2) is 0 Å². The number of rotatable bonds is 3. The number of para-hydroxylation sites is 1. The molecule has 0 aliphatic heterocycles. The second kappa shape index (κ2) is 5.66. The van der Waals surface area contributed by atoms with E-state index in [4.69, 9.17) is 11.6 Å². The maximum absolute atomic E-state index is 12.7. The Bertz CT molecular complexity index is 828. The van der Waals surface area contributed by atoms with Gasteiger partial charge in [-0.1, -0.05) is 12.1 Å². The Morgan fingerprint density at radius 3 is 2.62 bits per heavy atom. The molecular formula is C16H14ClN3O. The number of alkyl halides is 1. The van der Waals surface area contributed by atoms with Crippen molar-refractivity contribution < 1.29 is 0 Å². The van der Waals surface area contributed by atoms with Crippen LogP contribution in [-0.2, 0) is 6.54 Å².